The van der Waals surface area contributed by atoms with Gasteiger partial charge >= 0.3 is 0 Å². The summed E-state index contributed by atoms with van der Waals surface area (Å²) in [6.07, 6.45) is 6.11. The number of aliphatic hydroxyl groups excluding tert-OH is 1. The van der Waals surface area contributed by atoms with Crippen molar-refractivity contribution in [2.24, 2.45) is 11.1 Å². The maximum Gasteiger partial charge on any atom is 0.0679 e. The zero-order valence-electron chi connectivity index (χ0n) is 8.91. The van der Waals surface area contributed by atoms with Crippen molar-refractivity contribution in [3.63, 3.8) is 0 Å². The Morgan fingerprint density at radius 3 is 2.57 bits per heavy atom. The van der Waals surface area contributed by atoms with Crippen LogP contribution in [0.1, 0.15) is 32.1 Å². The van der Waals surface area contributed by atoms with E-state index in [9.17, 15) is 5.11 Å². The van der Waals surface area contributed by atoms with E-state index in [0.717, 1.165) is 32.6 Å². The normalized spacial score (nSPS) is 32.6. The van der Waals surface area contributed by atoms with E-state index in [2.05, 4.69) is 4.90 Å². The van der Waals surface area contributed by atoms with Crippen molar-refractivity contribution in [1.29, 1.82) is 0 Å². The number of hydrogen-bond acceptors (Lipinski definition) is 3. The minimum Gasteiger partial charge on any atom is -0.392 e. The fourth-order valence-corrected chi connectivity index (χ4v) is 2.98. The monoisotopic (exact) mass is 198 g/mol. The highest BCUT2D eigenvalue weighted by molar-refractivity contribution is 4.90. The molecule has 0 bridgehead atoms. The van der Waals surface area contributed by atoms with Crippen LogP contribution in [0.5, 0.6) is 0 Å². The summed E-state index contributed by atoms with van der Waals surface area (Å²) in [6.45, 7) is 3.85. The first kappa shape index (κ1) is 10.4. The summed E-state index contributed by atoms with van der Waals surface area (Å²) in [5.74, 6) is 0. The van der Waals surface area contributed by atoms with E-state index in [1.54, 1.807) is 0 Å². The topological polar surface area (TPSA) is 49.5 Å². The molecule has 1 saturated heterocycles. The number of aliphatic hydroxyl groups is 1. The second kappa shape index (κ2) is 4.17. The molecule has 3 nitrogen and oxygen atoms in total. The van der Waals surface area contributed by atoms with Crippen LogP contribution in [0.25, 0.3) is 0 Å². The largest absolute Gasteiger partial charge is 0.392 e. The Hall–Kier alpha value is -0.120. The molecule has 1 atom stereocenters. The van der Waals surface area contributed by atoms with Crippen LogP contribution in [-0.4, -0.2) is 42.3 Å². The van der Waals surface area contributed by atoms with E-state index in [0.29, 0.717) is 5.41 Å². The van der Waals surface area contributed by atoms with Crippen LogP contribution in [0.4, 0.5) is 0 Å². The molecule has 3 heteroatoms. The molecule has 1 aliphatic carbocycles. The first-order chi connectivity index (χ1) is 6.74. The van der Waals surface area contributed by atoms with E-state index in [1.165, 1.54) is 25.7 Å². The van der Waals surface area contributed by atoms with E-state index in [1.807, 2.05) is 0 Å². The summed E-state index contributed by atoms with van der Waals surface area (Å²) < 4.78 is 0. The summed E-state index contributed by atoms with van der Waals surface area (Å²) in [6, 6.07) is 0. The van der Waals surface area contributed by atoms with Gasteiger partial charge in [0, 0.05) is 19.6 Å². The van der Waals surface area contributed by atoms with Gasteiger partial charge < -0.3 is 15.7 Å². The molecule has 2 fully saturated rings. The third-order valence-corrected chi connectivity index (χ3v) is 3.90. The minimum absolute atomic E-state index is 0.0915. The summed E-state index contributed by atoms with van der Waals surface area (Å²) in [4.78, 5) is 2.39. The fourth-order valence-electron chi connectivity index (χ4n) is 2.98. The second-order valence-electron chi connectivity index (χ2n) is 5.09. The highest BCUT2D eigenvalue weighted by Gasteiger charge is 2.35. The second-order valence-corrected chi connectivity index (χ2v) is 5.09. The third-order valence-electron chi connectivity index (χ3n) is 3.90. The molecule has 1 saturated carbocycles. The molecule has 0 spiro atoms. The van der Waals surface area contributed by atoms with Gasteiger partial charge in [-0.05, 0) is 31.2 Å². The predicted octanol–water partition coefficient (Wildman–Crippen LogP) is 0.572. The highest BCUT2D eigenvalue weighted by Crippen LogP contribution is 2.38. The van der Waals surface area contributed by atoms with E-state index in [4.69, 9.17) is 5.73 Å². The Morgan fingerprint density at radius 2 is 2.07 bits per heavy atom. The minimum atomic E-state index is -0.0915. The molecule has 2 rings (SSSR count). The molecule has 1 aliphatic heterocycles. The molecule has 82 valence electrons. The van der Waals surface area contributed by atoms with E-state index >= 15 is 0 Å². The molecule has 0 aromatic rings. The van der Waals surface area contributed by atoms with Crippen LogP contribution in [0.15, 0.2) is 0 Å². The van der Waals surface area contributed by atoms with Crippen molar-refractivity contribution in [1.82, 2.24) is 4.90 Å². The molecule has 0 aromatic heterocycles. The molecule has 2 aliphatic rings. The molecule has 1 unspecified atom stereocenters. The third kappa shape index (κ3) is 2.10. The van der Waals surface area contributed by atoms with Gasteiger partial charge in [0.05, 0.1) is 6.10 Å². The van der Waals surface area contributed by atoms with Crippen LogP contribution in [0.3, 0.4) is 0 Å². The Kier molecular flexibility index (Phi) is 3.10. The SMILES string of the molecule is NCC1(CN2CCC(O)C2)CCCC1. The number of rotatable bonds is 3. The first-order valence-electron chi connectivity index (χ1n) is 5.85. The molecule has 1 heterocycles. The lowest BCUT2D eigenvalue weighted by atomic mass is 9.86. The van der Waals surface area contributed by atoms with Crippen LogP contribution in [-0.2, 0) is 0 Å². The first-order valence-corrected chi connectivity index (χ1v) is 5.85. The van der Waals surface area contributed by atoms with Gasteiger partial charge in [-0.15, -0.1) is 0 Å². The lowest BCUT2D eigenvalue weighted by molar-refractivity contribution is 0.145. The van der Waals surface area contributed by atoms with Crippen LogP contribution in [0.2, 0.25) is 0 Å². The fraction of sp³-hybridized carbons (Fsp3) is 1.00. The van der Waals surface area contributed by atoms with Crippen molar-refractivity contribution in [3.8, 4) is 0 Å². The zero-order valence-corrected chi connectivity index (χ0v) is 8.91. The summed E-state index contributed by atoms with van der Waals surface area (Å²) >= 11 is 0. The molecular weight excluding hydrogens is 176 g/mol. The highest BCUT2D eigenvalue weighted by atomic mass is 16.3. The number of likely N-dealkylation sites (tertiary alicyclic amines) is 1. The smallest absolute Gasteiger partial charge is 0.0679 e. The predicted molar refractivity (Wildman–Crippen MR) is 57.0 cm³/mol. The van der Waals surface area contributed by atoms with Gasteiger partial charge in [0.1, 0.15) is 0 Å². The van der Waals surface area contributed by atoms with Crippen LogP contribution < -0.4 is 5.73 Å². The maximum atomic E-state index is 9.46. The van der Waals surface area contributed by atoms with Crippen molar-refractivity contribution in [3.05, 3.63) is 0 Å². The van der Waals surface area contributed by atoms with Gasteiger partial charge in [-0.1, -0.05) is 12.8 Å². The zero-order chi connectivity index (χ0) is 10.0. The van der Waals surface area contributed by atoms with Gasteiger partial charge in [-0.25, -0.2) is 0 Å². The Labute approximate surface area is 86.3 Å². The van der Waals surface area contributed by atoms with Gasteiger partial charge in [0.2, 0.25) is 0 Å². The van der Waals surface area contributed by atoms with Crippen molar-refractivity contribution in [2.75, 3.05) is 26.2 Å². The molecule has 3 N–H and O–H groups in total. The number of hydrogen-bond donors (Lipinski definition) is 2. The molecule has 0 amide bonds. The Bertz CT molecular complexity index is 190. The standard InChI is InChI=1S/C11H22N2O/c12-8-11(4-1-2-5-11)9-13-6-3-10(14)7-13/h10,14H,1-9,12H2. The van der Waals surface area contributed by atoms with Gasteiger partial charge in [-0.3, -0.25) is 0 Å². The van der Waals surface area contributed by atoms with Gasteiger partial charge in [0.15, 0.2) is 0 Å². The van der Waals surface area contributed by atoms with Crippen LogP contribution >= 0.6 is 0 Å². The maximum absolute atomic E-state index is 9.46. The average Bonchev–Trinajstić information content (AvgIpc) is 2.77. The van der Waals surface area contributed by atoms with Crippen LogP contribution in [0, 0.1) is 5.41 Å². The van der Waals surface area contributed by atoms with E-state index in [-0.39, 0.29) is 6.10 Å². The quantitative estimate of drug-likeness (QED) is 0.697. The van der Waals surface area contributed by atoms with Gasteiger partial charge in [0.25, 0.3) is 0 Å². The Balaban J connectivity index is 1.88. The van der Waals surface area contributed by atoms with Crippen molar-refractivity contribution in [2.45, 2.75) is 38.2 Å². The lowest BCUT2D eigenvalue weighted by Gasteiger charge is -2.32. The summed E-state index contributed by atoms with van der Waals surface area (Å²) in [5.41, 5.74) is 6.27. The number of nitrogens with two attached hydrogens (primary N) is 1. The van der Waals surface area contributed by atoms with Gasteiger partial charge in [-0.2, -0.15) is 0 Å². The molecule has 0 aromatic carbocycles. The summed E-state index contributed by atoms with van der Waals surface area (Å²) in [5, 5.41) is 9.46. The molecular formula is C11H22N2O. The van der Waals surface area contributed by atoms with Crippen molar-refractivity contribution < 1.29 is 5.11 Å². The van der Waals surface area contributed by atoms with Crippen molar-refractivity contribution >= 4 is 0 Å². The number of β-amino-alcohol motifs (C(OH)–C–C–N with tert-alkyl or cyclic N) is 1. The van der Waals surface area contributed by atoms with E-state index < -0.39 is 0 Å². The lowest BCUT2D eigenvalue weighted by Crippen LogP contribution is -2.40. The number of nitrogens with zero attached hydrogens (tertiary/aromatic N) is 1. The Morgan fingerprint density at radius 1 is 1.36 bits per heavy atom. The average molecular weight is 198 g/mol. The molecule has 14 heavy (non-hydrogen) atoms. The molecule has 0 radical (unpaired) electrons. The summed E-state index contributed by atoms with van der Waals surface area (Å²) in [7, 11) is 0.